The second-order valence-electron chi connectivity index (χ2n) is 6.44. The summed E-state index contributed by atoms with van der Waals surface area (Å²) in [6.45, 7) is 4.85. The van der Waals surface area contributed by atoms with Crippen molar-refractivity contribution >= 4 is 34.6 Å². The van der Waals surface area contributed by atoms with Crippen LogP contribution in [-0.2, 0) is 4.79 Å². The predicted molar refractivity (Wildman–Crippen MR) is 106 cm³/mol. The van der Waals surface area contributed by atoms with Crippen LogP contribution in [-0.4, -0.2) is 48.0 Å². The zero-order valence-corrected chi connectivity index (χ0v) is 15.7. The summed E-state index contributed by atoms with van der Waals surface area (Å²) in [5, 5.41) is 14.2. The molecule has 0 radical (unpaired) electrons. The lowest BCUT2D eigenvalue weighted by molar-refractivity contribution is -0.384. The molecule has 0 bridgehead atoms. The van der Waals surface area contributed by atoms with E-state index in [1.54, 1.807) is 24.3 Å². The number of nitro benzene ring substituents is 1. The Bertz CT molecular complexity index is 820. The molecule has 0 unspecified atom stereocenters. The molecule has 1 aliphatic rings. The van der Waals surface area contributed by atoms with Gasteiger partial charge in [-0.3, -0.25) is 19.8 Å². The van der Waals surface area contributed by atoms with Crippen LogP contribution in [0.2, 0.25) is 5.02 Å². The van der Waals surface area contributed by atoms with Gasteiger partial charge in [-0.05, 0) is 31.2 Å². The third kappa shape index (κ3) is 4.56. The lowest BCUT2D eigenvalue weighted by Crippen LogP contribution is -2.52. The number of amides is 1. The van der Waals surface area contributed by atoms with Gasteiger partial charge in [-0.2, -0.15) is 0 Å². The zero-order chi connectivity index (χ0) is 19.4. The standard InChI is InChI=1S/C19H21ClN4O3/c1-14(19(25)21-18-5-3-2-4-17(18)20)22-10-12-23(13-11-22)15-6-8-16(9-7-15)24(26)27/h2-9,14H,10-13H2,1H3,(H,21,25)/t14-/m1/s1. The summed E-state index contributed by atoms with van der Waals surface area (Å²) < 4.78 is 0. The number of para-hydroxylation sites is 1. The predicted octanol–water partition coefficient (Wildman–Crippen LogP) is 3.40. The Labute approximate surface area is 162 Å². The number of nitro groups is 1. The summed E-state index contributed by atoms with van der Waals surface area (Å²) in [6.07, 6.45) is 0. The van der Waals surface area contributed by atoms with E-state index >= 15 is 0 Å². The van der Waals surface area contributed by atoms with Crippen molar-refractivity contribution in [3.05, 3.63) is 63.7 Å². The zero-order valence-electron chi connectivity index (χ0n) is 15.0. The maximum atomic E-state index is 12.5. The molecule has 1 heterocycles. The summed E-state index contributed by atoms with van der Waals surface area (Å²) in [5.74, 6) is -0.0908. The third-order valence-corrected chi connectivity index (χ3v) is 5.13. The fraction of sp³-hybridized carbons (Fsp3) is 0.316. The number of carbonyl (C=O) groups is 1. The molecule has 0 saturated carbocycles. The van der Waals surface area contributed by atoms with Gasteiger partial charge in [0.2, 0.25) is 5.91 Å². The summed E-state index contributed by atoms with van der Waals surface area (Å²) in [4.78, 5) is 27.2. The van der Waals surface area contributed by atoms with Crippen LogP contribution < -0.4 is 10.2 Å². The van der Waals surface area contributed by atoms with Gasteiger partial charge in [0.25, 0.3) is 5.69 Å². The average molecular weight is 389 g/mol. The quantitative estimate of drug-likeness (QED) is 0.627. The molecule has 2 aromatic rings. The van der Waals surface area contributed by atoms with E-state index in [1.165, 1.54) is 12.1 Å². The van der Waals surface area contributed by atoms with Gasteiger partial charge in [-0.1, -0.05) is 23.7 Å². The van der Waals surface area contributed by atoms with Crippen molar-refractivity contribution in [3.63, 3.8) is 0 Å². The van der Waals surface area contributed by atoms with Crippen molar-refractivity contribution in [1.82, 2.24) is 4.90 Å². The van der Waals surface area contributed by atoms with E-state index in [-0.39, 0.29) is 17.6 Å². The Balaban J connectivity index is 1.55. The monoisotopic (exact) mass is 388 g/mol. The van der Waals surface area contributed by atoms with Crippen molar-refractivity contribution in [2.45, 2.75) is 13.0 Å². The highest BCUT2D eigenvalue weighted by Gasteiger charge is 2.26. The molecule has 0 aromatic heterocycles. The first-order valence-electron chi connectivity index (χ1n) is 8.74. The lowest BCUT2D eigenvalue weighted by Gasteiger charge is -2.38. The lowest BCUT2D eigenvalue weighted by atomic mass is 10.2. The van der Waals surface area contributed by atoms with Crippen LogP contribution in [0.25, 0.3) is 0 Å². The van der Waals surface area contributed by atoms with Gasteiger partial charge in [0, 0.05) is 44.0 Å². The summed E-state index contributed by atoms with van der Waals surface area (Å²) in [5.41, 5.74) is 1.65. The number of nitrogens with one attached hydrogen (secondary N) is 1. The van der Waals surface area contributed by atoms with Gasteiger partial charge in [0.15, 0.2) is 0 Å². The number of rotatable bonds is 5. The molecule has 1 aliphatic heterocycles. The van der Waals surface area contributed by atoms with Gasteiger partial charge < -0.3 is 10.2 Å². The number of nitrogens with zero attached hydrogens (tertiary/aromatic N) is 3. The molecule has 142 valence electrons. The van der Waals surface area contributed by atoms with Gasteiger partial charge in [0.1, 0.15) is 0 Å². The third-order valence-electron chi connectivity index (χ3n) is 4.80. The first-order chi connectivity index (χ1) is 13.0. The fourth-order valence-electron chi connectivity index (χ4n) is 3.12. The van der Waals surface area contributed by atoms with Crippen LogP contribution in [0.1, 0.15) is 6.92 Å². The number of anilines is 2. The molecule has 0 aliphatic carbocycles. The number of halogens is 1. The minimum absolute atomic E-state index is 0.0854. The minimum atomic E-state index is -0.402. The largest absolute Gasteiger partial charge is 0.369 e. The Hall–Kier alpha value is -2.64. The molecule has 1 fully saturated rings. The maximum Gasteiger partial charge on any atom is 0.269 e. The number of piperazine rings is 1. The van der Waals surface area contributed by atoms with Crippen molar-refractivity contribution in [2.24, 2.45) is 0 Å². The van der Waals surface area contributed by atoms with Crippen LogP contribution in [0, 0.1) is 10.1 Å². The van der Waals surface area contributed by atoms with Crippen LogP contribution in [0.3, 0.4) is 0 Å². The SMILES string of the molecule is C[C@H](C(=O)Nc1ccccc1Cl)N1CCN(c2ccc([N+](=O)[O-])cc2)CC1. The molecule has 1 saturated heterocycles. The van der Waals surface area contributed by atoms with E-state index in [2.05, 4.69) is 15.1 Å². The van der Waals surface area contributed by atoms with E-state index in [9.17, 15) is 14.9 Å². The molecule has 3 rings (SSSR count). The molecule has 0 spiro atoms. The van der Waals surface area contributed by atoms with Crippen molar-refractivity contribution in [3.8, 4) is 0 Å². The smallest absolute Gasteiger partial charge is 0.269 e. The summed E-state index contributed by atoms with van der Waals surface area (Å²) >= 11 is 6.10. The fourth-order valence-corrected chi connectivity index (χ4v) is 3.30. The molecule has 2 aromatic carbocycles. The summed E-state index contributed by atoms with van der Waals surface area (Å²) in [7, 11) is 0. The van der Waals surface area contributed by atoms with Gasteiger partial charge in [0.05, 0.1) is 21.7 Å². The second kappa shape index (κ2) is 8.37. The normalized spacial score (nSPS) is 16.0. The Kier molecular flexibility index (Phi) is 5.93. The van der Waals surface area contributed by atoms with E-state index in [1.807, 2.05) is 19.1 Å². The molecule has 8 heteroatoms. The van der Waals surface area contributed by atoms with Crippen molar-refractivity contribution in [1.29, 1.82) is 0 Å². The van der Waals surface area contributed by atoms with Gasteiger partial charge in [-0.25, -0.2) is 0 Å². The number of hydrogen-bond acceptors (Lipinski definition) is 5. The second-order valence-corrected chi connectivity index (χ2v) is 6.85. The number of benzene rings is 2. The van der Waals surface area contributed by atoms with Crippen molar-refractivity contribution < 1.29 is 9.72 Å². The molecule has 1 N–H and O–H groups in total. The highest BCUT2D eigenvalue weighted by molar-refractivity contribution is 6.33. The van der Waals surface area contributed by atoms with E-state index in [0.717, 1.165) is 31.9 Å². The average Bonchev–Trinajstić information content (AvgIpc) is 2.69. The molecular weight excluding hydrogens is 368 g/mol. The van der Waals surface area contributed by atoms with Crippen LogP contribution in [0.15, 0.2) is 48.5 Å². The molecule has 1 atom stereocenters. The van der Waals surface area contributed by atoms with E-state index in [4.69, 9.17) is 11.6 Å². The van der Waals surface area contributed by atoms with Gasteiger partial charge >= 0.3 is 0 Å². The maximum absolute atomic E-state index is 12.5. The molecule has 7 nitrogen and oxygen atoms in total. The Morgan fingerprint density at radius 2 is 1.74 bits per heavy atom. The topological polar surface area (TPSA) is 78.7 Å². The first-order valence-corrected chi connectivity index (χ1v) is 9.12. The number of non-ortho nitro benzene ring substituents is 1. The minimum Gasteiger partial charge on any atom is -0.369 e. The van der Waals surface area contributed by atoms with Crippen LogP contribution >= 0.6 is 11.6 Å². The van der Waals surface area contributed by atoms with Crippen molar-refractivity contribution in [2.75, 3.05) is 36.4 Å². The highest BCUT2D eigenvalue weighted by Crippen LogP contribution is 2.23. The Morgan fingerprint density at radius 3 is 2.33 bits per heavy atom. The van der Waals surface area contributed by atoms with E-state index in [0.29, 0.717) is 10.7 Å². The summed E-state index contributed by atoms with van der Waals surface area (Å²) in [6, 6.07) is 13.4. The Morgan fingerprint density at radius 1 is 1.11 bits per heavy atom. The first kappa shape index (κ1) is 19.1. The number of carbonyl (C=O) groups excluding carboxylic acids is 1. The van der Waals surface area contributed by atoms with Crippen LogP contribution in [0.4, 0.5) is 17.1 Å². The van der Waals surface area contributed by atoms with Crippen LogP contribution in [0.5, 0.6) is 0 Å². The van der Waals surface area contributed by atoms with Gasteiger partial charge in [-0.15, -0.1) is 0 Å². The number of hydrogen-bond donors (Lipinski definition) is 1. The van der Waals surface area contributed by atoms with E-state index < -0.39 is 4.92 Å². The molecule has 27 heavy (non-hydrogen) atoms. The molecule has 1 amide bonds. The highest BCUT2D eigenvalue weighted by atomic mass is 35.5. The molecular formula is C19H21ClN4O3.